The smallest absolute Gasteiger partial charge is 0.322 e. The lowest BCUT2D eigenvalue weighted by Crippen LogP contribution is -2.33. The van der Waals surface area contributed by atoms with Gasteiger partial charge < -0.3 is 20.7 Å². The summed E-state index contributed by atoms with van der Waals surface area (Å²) in [5.41, 5.74) is 5.12. The number of aromatic hydroxyl groups is 2. The number of carbonyl (C=O) groups is 1. The molecule has 5 heteroatoms. The van der Waals surface area contributed by atoms with Gasteiger partial charge in [-0.3, -0.25) is 4.79 Å². The highest BCUT2D eigenvalue weighted by Crippen LogP contribution is 2.25. The van der Waals surface area contributed by atoms with E-state index in [2.05, 4.69) is 4.74 Å². The van der Waals surface area contributed by atoms with Gasteiger partial charge in [-0.2, -0.15) is 0 Å². The topological polar surface area (TPSA) is 92.8 Å². The van der Waals surface area contributed by atoms with E-state index in [0.717, 1.165) is 25.3 Å². The molecule has 0 aliphatic heterocycles. The van der Waals surface area contributed by atoms with E-state index in [0.29, 0.717) is 0 Å². The van der Waals surface area contributed by atoms with E-state index in [9.17, 15) is 9.90 Å². The number of phenols is 2. The van der Waals surface area contributed by atoms with Crippen LogP contribution in [0.15, 0.2) is 18.2 Å². The first-order valence-electron chi connectivity index (χ1n) is 5.54. The number of esters is 1. The minimum atomic E-state index is -2.68. The summed E-state index contributed by atoms with van der Waals surface area (Å²) < 4.78 is 27.3. The maximum absolute atomic E-state index is 11.3. The average Bonchev–Trinajstić information content (AvgIpc) is 2.31. The molecule has 0 aliphatic carbocycles. The van der Waals surface area contributed by atoms with E-state index in [-0.39, 0.29) is 5.56 Å². The Balaban J connectivity index is 3.27. The maximum atomic E-state index is 11.3. The normalized spacial score (nSPS) is 18.1. The molecule has 0 aromatic heterocycles. The van der Waals surface area contributed by atoms with Crippen molar-refractivity contribution in [3.05, 3.63) is 23.8 Å². The van der Waals surface area contributed by atoms with Crippen LogP contribution in [0, 0.1) is 0 Å². The highest BCUT2D eigenvalue weighted by Gasteiger charge is 2.14. The van der Waals surface area contributed by atoms with Crippen LogP contribution in [-0.2, 0) is 15.9 Å². The van der Waals surface area contributed by atoms with Gasteiger partial charge in [-0.25, -0.2) is 0 Å². The number of hydrogen-bond acceptors (Lipinski definition) is 5. The third-order valence-electron chi connectivity index (χ3n) is 1.66. The summed E-state index contributed by atoms with van der Waals surface area (Å²) in [7, 11) is 0.989. The summed E-state index contributed by atoms with van der Waals surface area (Å²) in [6.07, 6.45) is -2.61. The molecule has 0 aliphatic rings. The minimum Gasteiger partial charge on any atom is -0.504 e. The second kappa shape index (κ2) is 4.65. The molecule has 1 rings (SSSR count). The summed E-state index contributed by atoms with van der Waals surface area (Å²) in [6, 6.07) is 0.379. The zero-order valence-corrected chi connectivity index (χ0v) is 8.02. The molecule has 1 unspecified atom stereocenters. The van der Waals surface area contributed by atoms with Gasteiger partial charge in [0, 0.05) is 2.74 Å². The first-order valence-corrected chi connectivity index (χ1v) is 4.04. The number of hydrogen-bond donors (Lipinski definition) is 3. The van der Waals surface area contributed by atoms with Crippen LogP contribution in [-0.4, -0.2) is 29.3 Å². The Labute approximate surface area is 91.3 Å². The molecule has 1 aromatic rings. The van der Waals surface area contributed by atoms with Crippen molar-refractivity contribution < 1.29 is 23.9 Å². The van der Waals surface area contributed by atoms with Crippen LogP contribution in [0.1, 0.15) is 9.68 Å². The van der Waals surface area contributed by atoms with E-state index in [1.54, 1.807) is 0 Å². The first-order chi connectivity index (χ1) is 8.14. The predicted molar refractivity (Wildman–Crippen MR) is 53.5 cm³/mol. The number of phenolic OH excluding ortho intramolecular Hbond substituents is 2. The van der Waals surface area contributed by atoms with Crippen LogP contribution in [0.3, 0.4) is 0 Å². The molecule has 1 aromatic carbocycles. The van der Waals surface area contributed by atoms with Gasteiger partial charge in [-0.1, -0.05) is 6.07 Å². The summed E-state index contributed by atoms with van der Waals surface area (Å²) in [6.45, 7) is 0. The van der Waals surface area contributed by atoms with Crippen molar-refractivity contribution in [2.45, 2.75) is 12.4 Å². The lowest BCUT2D eigenvalue weighted by molar-refractivity contribution is -0.142. The van der Waals surface area contributed by atoms with Gasteiger partial charge >= 0.3 is 5.97 Å². The highest BCUT2D eigenvalue weighted by molar-refractivity contribution is 5.75. The summed E-state index contributed by atoms with van der Waals surface area (Å²) in [4.78, 5) is 11.3. The number of nitrogens with two attached hydrogens (primary N) is 1. The van der Waals surface area contributed by atoms with Crippen molar-refractivity contribution in [1.29, 1.82) is 0 Å². The van der Waals surface area contributed by atoms with Gasteiger partial charge in [0.2, 0.25) is 0 Å². The second-order valence-corrected chi connectivity index (χ2v) is 2.73. The molecule has 0 heterocycles. The van der Waals surface area contributed by atoms with Gasteiger partial charge in [0.25, 0.3) is 0 Å². The Morgan fingerprint density at radius 2 is 2.33 bits per heavy atom. The van der Waals surface area contributed by atoms with Crippen LogP contribution in [0.2, 0.25) is 0 Å². The lowest BCUT2D eigenvalue weighted by atomic mass is 10.1. The Morgan fingerprint density at radius 3 is 2.87 bits per heavy atom. The quantitative estimate of drug-likeness (QED) is 0.491. The van der Waals surface area contributed by atoms with Crippen molar-refractivity contribution in [3.8, 4) is 11.5 Å². The largest absolute Gasteiger partial charge is 0.504 e. The number of methoxy groups -OCH3 is 1. The monoisotopic (exact) mass is 214 g/mol. The van der Waals surface area contributed by atoms with Gasteiger partial charge in [-0.05, 0) is 24.1 Å². The first kappa shape index (κ1) is 7.53. The lowest BCUT2D eigenvalue weighted by Gasteiger charge is -2.09. The number of ether oxygens (including phenoxy) is 1. The average molecular weight is 214 g/mol. The molecule has 0 radical (unpaired) electrons. The van der Waals surface area contributed by atoms with Crippen molar-refractivity contribution in [2.75, 3.05) is 7.11 Å². The molecule has 0 bridgehead atoms. The molecule has 0 saturated heterocycles. The summed E-state index contributed by atoms with van der Waals surface area (Å²) in [5.74, 6) is -2.27. The molecular formula is C10H13NO4. The van der Waals surface area contributed by atoms with E-state index in [1.807, 2.05) is 0 Å². The third-order valence-corrected chi connectivity index (χ3v) is 1.66. The standard InChI is InChI=1S/C10H13NO4/c1-15-10(14)7(11)4-6-2-3-8(12)9(13)5-6/h2-3,5,7,12-13H,4,11H2,1H3/i4D2,7D. The zero-order valence-electron chi connectivity index (χ0n) is 11.0. The Kier molecular flexibility index (Phi) is 2.34. The van der Waals surface area contributed by atoms with Gasteiger partial charge in [0.1, 0.15) is 6.02 Å². The molecule has 1 atom stereocenters. The van der Waals surface area contributed by atoms with E-state index < -0.39 is 29.9 Å². The molecule has 15 heavy (non-hydrogen) atoms. The fraction of sp³-hybridized carbons (Fsp3) is 0.300. The zero-order chi connectivity index (χ0) is 14.1. The highest BCUT2D eigenvalue weighted by atomic mass is 16.5. The van der Waals surface area contributed by atoms with E-state index in [1.165, 1.54) is 0 Å². The molecule has 0 amide bonds. The molecule has 0 saturated carbocycles. The number of rotatable bonds is 3. The van der Waals surface area contributed by atoms with Gasteiger partial charge in [0.05, 0.1) is 8.48 Å². The van der Waals surface area contributed by atoms with Crippen LogP contribution in [0.5, 0.6) is 11.5 Å². The van der Waals surface area contributed by atoms with E-state index in [4.69, 9.17) is 15.0 Å². The second-order valence-electron chi connectivity index (χ2n) is 2.73. The molecule has 5 nitrogen and oxygen atoms in total. The number of benzene rings is 1. The van der Waals surface area contributed by atoms with Crippen LogP contribution < -0.4 is 5.73 Å². The van der Waals surface area contributed by atoms with Crippen molar-refractivity contribution in [1.82, 2.24) is 0 Å². The van der Waals surface area contributed by atoms with Crippen molar-refractivity contribution >= 4 is 5.97 Å². The molecular weight excluding hydrogens is 198 g/mol. The summed E-state index contributed by atoms with van der Waals surface area (Å²) >= 11 is 0. The van der Waals surface area contributed by atoms with Gasteiger partial charge in [0.15, 0.2) is 11.5 Å². The van der Waals surface area contributed by atoms with Crippen LogP contribution in [0.25, 0.3) is 0 Å². The van der Waals surface area contributed by atoms with Gasteiger partial charge in [-0.15, -0.1) is 0 Å². The molecule has 82 valence electrons. The molecule has 4 N–H and O–H groups in total. The SMILES string of the molecule is [2H]C(N)(C(=O)OC)C([2H])([2H])c1ccc(O)c(O)c1. The van der Waals surface area contributed by atoms with E-state index >= 15 is 0 Å². The fourth-order valence-electron chi connectivity index (χ4n) is 0.918. The maximum Gasteiger partial charge on any atom is 0.322 e. The fourth-order valence-corrected chi connectivity index (χ4v) is 0.918. The predicted octanol–water partition coefficient (Wildman–Crippen LogP) is 0.141. The van der Waals surface area contributed by atoms with Crippen LogP contribution in [0.4, 0.5) is 0 Å². The molecule has 0 spiro atoms. The van der Waals surface area contributed by atoms with Crippen LogP contribution >= 0.6 is 0 Å². The van der Waals surface area contributed by atoms with Crippen molar-refractivity contribution in [3.63, 3.8) is 0 Å². The number of carbonyl (C=O) groups excluding carboxylic acids is 1. The minimum absolute atomic E-state index is 0.222. The summed E-state index contributed by atoms with van der Waals surface area (Å²) in [5, 5.41) is 18.4. The Morgan fingerprint density at radius 1 is 1.67 bits per heavy atom. The Bertz CT molecular complexity index is 476. The third kappa shape index (κ3) is 2.85. The molecule has 0 fully saturated rings. The van der Waals surface area contributed by atoms with Crippen molar-refractivity contribution in [2.24, 2.45) is 5.73 Å². The Hall–Kier alpha value is -1.75.